The molecule has 4 nitrogen and oxygen atoms in total. The van der Waals surface area contributed by atoms with Crippen LogP contribution in [0, 0.1) is 11.3 Å². The van der Waals surface area contributed by atoms with Crippen LogP contribution in [-0.4, -0.2) is 10.3 Å². The normalized spacial score (nSPS) is 9.93. The van der Waals surface area contributed by atoms with Crippen molar-refractivity contribution in [2.24, 2.45) is 5.73 Å². The number of pyridine rings is 1. The largest absolute Gasteiger partial charge is 0.366 e. The van der Waals surface area contributed by atoms with Gasteiger partial charge in [-0.2, -0.15) is 5.26 Å². The number of nitrogens with two attached hydrogens (primary N) is 1. The Bertz CT molecular complexity index is 548. The second-order valence-corrected chi connectivity index (χ2v) is 2.95. The van der Waals surface area contributed by atoms with Gasteiger partial charge in [0.1, 0.15) is 6.07 Å². The molecule has 0 saturated heterocycles. The van der Waals surface area contributed by atoms with E-state index in [0.29, 0.717) is 11.1 Å². The van der Waals surface area contributed by atoms with E-state index in [4.69, 9.17) is 11.0 Å². The zero-order valence-electron chi connectivity index (χ0n) is 7.27. The van der Waals surface area contributed by atoms with Crippen molar-refractivity contribution in [3.8, 4) is 6.07 Å². The summed E-state index contributed by atoms with van der Waals surface area (Å²) in [6.07, 6.45) is 3.26. The number of nitrogens with zero attached hydrogens (tertiary/aromatic N) is 2. The zero-order valence-corrected chi connectivity index (χ0v) is 7.27. The van der Waals surface area contributed by atoms with E-state index in [9.17, 15) is 4.79 Å². The quantitative estimate of drug-likeness (QED) is 0.717. The zero-order chi connectivity index (χ0) is 10.1. The lowest BCUT2D eigenvalue weighted by atomic mass is 10.2. The van der Waals surface area contributed by atoms with E-state index in [1.807, 2.05) is 6.07 Å². The summed E-state index contributed by atoms with van der Waals surface area (Å²) >= 11 is 0. The van der Waals surface area contributed by atoms with Gasteiger partial charge in [0, 0.05) is 17.9 Å². The molecular weight excluding hydrogens is 178 g/mol. The fraction of sp³-hybridized carbons (Fsp3) is 0. The van der Waals surface area contributed by atoms with Crippen LogP contribution in [0.25, 0.3) is 5.52 Å². The van der Waals surface area contributed by atoms with Crippen molar-refractivity contribution >= 4 is 11.4 Å². The Hall–Kier alpha value is -2.28. The molecule has 0 fully saturated rings. The van der Waals surface area contributed by atoms with E-state index in [1.165, 1.54) is 0 Å². The number of amides is 1. The van der Waals surface area contributed by atoms with Crippen LogP contribution in [0.15, 0.2) is 30.6 Å². The van der Waals surface area contributed by atoms with Crippen LogP contribution in [0.3, 0.4) is 0 Å². The molecule has 0 aliphatic carbocycles. The van der Waals surface area contributed by atoms with Crippen LogP contribution in [0.2, 0.25) is 0 Å². The molecule has 0 spiro atoms. The van der Waals surface area contributed by atoms with Crippen LogP contribution in [-0.2, 0) is 0 Å². The summed E-state index contributed by atoms with van der Waals surface area (Å²) in [7, 11) is 0. The van der Waals surface area contributed by atoms with E-state index in [1.54, 1.807) is 35.0 Å². The number of nitriles is 1. The lowest BCUT2D eigenvalue weighted by molar-refractivity contribution is 0.1000. The Morgan fingerprint density at radius 3 is 2.86 bits per heavy atom. The summed E-state index contributed by atoms with van der Waals surface area (Å²) in [5.74, 6) is -0.473. The van der Waals surface area contributed by atoms with E-state index in [2.05, 4.69) is 0 Å². The summed E-state index contributed by atoms with van der Waals surface area (Å²) < 4.78 is 1.71. The Kier molecular flexibility index (Phi) is 1.72. The molecule has 68 valence electrons. The molecule has 0 aromatic carbocycles. The maximum Gasteiger partial charge on any atom is 0.250 e. The molecule has 2 N–H and O–H groups in total. The van der Waals surface area contributed by atoms with Gasteiger partial charge in [0.2, 0.25) is 5.91 Å². The molecule has 0 aliphatic heterocycles. The Balaban J connectivity index is 2.66. The van der Waals surface area contributed by atoms with Crippen molar-refractivity contribution in [3.63, 3.8) is 0 Å². The summed E-state index contributed by atoms with van der Waals surface area (Å²) in [6.45, 7) is 0. The van der Waals surface area contributed by atoms with Gasteiger partial charge in [0.15, 0.2) is 0 Å². The number of fused-ring (bicyclic) bond motifs is 1. The third kappa shape index (κ3) is 1.21. The molecule has 14 heavy (non-hydrogen) atoms. The number of hydrogen-bond acceptors (Lipinski definition) is 2. The molecule has 2 aromatic heterocycles. The highest BCUT2D eigenvalue weighted by Gasteiger charge is 2.02. The maximum atomic E-state index is 10.9. The molecule has 4 heteroatoms. The van der Waals surface area contributed by atoms with Gasteiger partial charge in [-0.15, -0.1) is 0 Å². The third-order valence-corrected chi connectivity index (χ3v) is 2.01. The predicted molar refractivity (Wildman–Crippen MR) is 50.6 cm³/mol. The number of rotatable bonds is 1. The number of carbonyl (C=O) groups is 1. The SMILES string of the molecule is N#Cc1cc2ccc(C(N)=O)cn2c1. The lowest BCUT2D eigenvalue weighted by Gasteiger charge is -1.97. The Labute approximate surface area is 80.2 Å². The van der Waals surface area contributed by atoms with Crippen LogP contribution >= 0.6 is 0 Å². The fourth-order valence-electron chi connectivity index (χ4n) is 1.32. The first-order valence-electron chi connectivity index (χ1n) is 4.02. The molecule has 0 radical (unpaired) electrons. The minimum atomic E-state index is -0.473. The van der Waals surface area contributed by atoms with E-state index in [-0.39, 0.29) is 0 Å². The standard InChI is InChI=1S/C10H7N3O/c11-4-7-3-9-2-1-8(10(12)14)6-13(9)5-7/h1-3,5-6H,(H2,12,14). The number of carbonyl (C=O) groups excluding carboxylic acids is 1. The van der Waals surface area contributed by atoms with Crippen molar-refractivity contribution in [1.82, 2.24) is 4.40 Å². The monoisotopic (exact) mass is 185 g/mol. The van der Waals surface area contributed by atoms with Crippen LogP contribution in [0.4, 0.5) is 0 Å². The fourth-order valence-corrected chi connectivity index (χ4v) is 1.32. The molecule has 2 heterocycles. The molecule has 0 aliphatic rings. The Morgan fingerprint density at radius 1 is 1.43 bits per heavy atom. The average molecular weight is 185 g/mol. The molecule has 0 bridgehead atoms. The average Bonchev–Trinajstić information content (AvgIpc) is 2.58. The first kappa shape index (κ1) is 8.32. The first-order valence-corrected chi connectivity index (χ1v) is 4.02. The second-order valence-electron chi connectivity index (χ2n) is 2.95. The second kappa shape index (κ2) is 2.89. The van der Waals surface area contributed by atoms with E-state index >= 15 is 0 Å². The first-order chi connectivity index (χ1) is 6.70. The van der Waals surface area contributed by atoms with Gasteiger partial charge in [-0.05, 0) is 18.2 Å². The van der Waals surface area contributed by atoms with E-state index < -0.39 is 5.91 Å². The van der Waals surface area contributed by atoms with Crippen molar-refractivity contribution in [1.29, 1.82) is 5.26 Å². The molecule has 0 saturated carbocycles. The molecule has 1 amide bonds. The topological polar surface area (TPSA) is 71.3 Å². The summed E-state index contributed by atoms with van der Waals surface area (Å²) in [5.41, 5.74) is 6.98. The number of aromatic nitrogens is 1. The number of hydrogen-bond donors (Lipinski definition) is 1. The molecule has 2 rings (SSSR count). The molecular formula is C10H7N3O. The van der Waals surface area contributed by atoms with Gasteiger partial charge < -0.3 is 10.1 Å². The highest BCUT2D eigenvalue weighted by atomic mass is 16.1. The maximum absolute atomic E-state index is 10.9. The minimum absolute atomic E-state index is 0.428. The molecule has 0 unspecified atom stereocenters. The molecule has 2 aromatic rings. The van der Waals surface area contributed by atoms with Crippen LogP contribution < -0.4 is 5.73 Å². The summed E-state index contributed by atoms with van der Waals surface area (Å²) in [4.78, 5) is 10.9. The molecule has 0 atom stereocenters. The van der Waals surface area contributed by atoms with Crippen molar-refractivity contribution in [2.45, 2.75) is 0 Å². The van der Waals surface area contributed by atoms with Gasteiger partial charge in [-0.1, -0.05) is 0 Å². The lowest BCUT2D eigenvalue weighted by Crippen LogP contribution is -2.11. The van der Waals surface area contributed by atoms with Crippen molar-refractivity contribution in [2.75, 3.05) is 0 Å². The van der Waals surface area contributed by atoms with Gasteiger partial charge in [0.05, 0.1) is 11.1 Å². The highest BCUT2D eigenvalue weighted by Crippen LogP contribution is 2.10. The van der Waals surface area contributed by atoms with Crippen LogP contribution in [0.1, 0.15) is 15.9 Å². The summed E-state index contributed by atoms with van der Waals surface area (Å²) in [6, 6.07) is 7.16. The summed E-state index contributed by atoms with van der Waals surface area (Å²) in [5, 5.41) is 8.66. The van der Waals surface area contributed by atoms with Gasteiger partial charge in [-0.25, -0.2) is 0 Å². The predicted octanol–water partition coefficient (Wildman–Crippen LogP) is 0.910. The third-order valence-electron chi connectivity index (χ3n) is 2.01. The van der Waals surface area contributed by atoms with Gasteiger partial charge in [-0.3, -0.25) is 4.79 Å². The number of primary amides is 1. The highest BCUT2D eigenvalue weighted by molar-refractivity contribution is 5.92. The van der Waals surface area contributed by atoms with Gasteiger partial charge >= 0.3 is 0 Å². The van der Waals surface area contributed by atoms with Crippen molar-refractivity contribution < 1.29 is 4.79 Å². The van der Waals surface area contributed by atoms with Gasteiger partial charge in [0.25, 0.3) is 0 Å². The Morgan fingerprint density at radius 2 is 2.21 bits per heavy atom. The minimum Gasteiger partial charge on any atom is -0.366 e. The van der Waals surface area contributed by atoms with Crippen molar-refractivity contribution in [3.05, 3.63) is 41.7 Å². The smallest absolute Gasteiger partial charge is 0.250 e. The van der Waals surface area contributed by atoms with Crippen LogP contribution in [0.5, 0.6) is 0 Å². The van der Waals surface area contributed by atoms with E-state index in [0.717, 1.165) is 5.52 Å².